The van der Waals surface area contributed by atoms with Crippen LogP contribution in [0.5, 0.6) is 11.5 Å². The van der Waals surface area contributed by atoms with Crippen LogP contribution in [0.15, 0.2) is 34.8 Å². The molecule has 0 radical (unpaired) electrons. The zero-order valence-electron chi connectivity index (χ0n) is 18.1. The largest absolute Gasteiger partial charge is 0.492 e. The van der Waals surface area contributed by atoms with Gasteiger partial charge in [-0.1, -0.05) is 11.6 Å². The van der Waals surface area contributed by atoms with Gasteiger partial charge in [0.1, 0.15) is 22.9 Å². The first-order valence-electron chi connectivity index (χ1n) is 10.9. The normalized spacial score (nSPS) is 18.0. The molecule has 4 nitrogen and oxygen atoms in total. The quantitative estimate of drug-likeness (QED) is 0.430. The van der Waals surface area contributed by atoms with Gasteiger partial charge in [0.15, 0.2) is 0 Å². The molecule has 1 fully saturated rings. The molecule has 0 atom stereocenters. The average Bonchev–Trinajstić information content (AvgIpc) is 3.02. The minimum atomic E-state index is -0.267. The maximum absolute atomic E-state index is 13.1. The van der Waals surface area contributed by atoms with E-state index >= 15 is 0 Å². The number of benzene rings is 2. The van der Waals surface area contributed by atoms with E-state index in [0.717, 1.165) is 68.4 Å². The van der Waals surface area contributed by atoms with Gasteiger partial charge < -0.3 is 14.4 Å². The van der Waals surface area contributed by atoms with Crippen molar-refractivity contribution in [2.45, 2.75) is 38.7 Å². The van der Waals surface area contributed by atoms with Crippen LogP contribution >= 0.6 is 27.5 Å². The van der Waals surface area contributed by atoms with Crippen molar-refractivity contribution in [3.63, 3.8) is 0 Å². The highest BCUT2D eigenvalue weighted by Gasteiger charge is 2.34. The first kappa shape index (κ1) is 22.7. The first-order valence-corrected chi connectivity index (χ1v) is 12.0. The van der Waals surface area contributed by atoms with Crippen LogP contribution in [0.2, 0.25) is 5.02 Å². The van der Waals surface area contributed by atoms with Crippen LogP contribution < -0.4 is 14.4 Å². The fourth-order valence-corrected chi connectivity index (χ4v) is 5.01. The Hall–Kier alpha value is -1.50. The number of anilines is 1. The molecule has 0 unspecified atom stereocenters. The molecular formula is C24H29BrClFN2O2. The molecule has 168 valence electrons. The van der Waals surface area contributed by atoms with Crippen molar-refractivity contribution >= 4 is 33.2 Å². The van der Waals surface area contributed by atoms with Crippen molar-refractivity contribution in [3.8, 4) is 11.5 Å². The van der Waals surface area contributed by atoms with E-state index in [1.807, 2.05) is 12.1 Å². The fraction of sp³-hybridized carbons (Fsp3) is 0.500. The van der Waals surface area contributed by atoms with Gasteiger partial charge in [-0.2, -0.15) is 0 Å². The number of hydrogen-bond donors (Lipinski definition) is 0. The van der Waals surface area contributed by atoms with E-state index in [9.17, 15) is 4.39 Å². The summed E-state index contributed by atoms with van der Waals surface area (Å²) < 4.78 is 25.8. The van der Waals surface area contributed by atoms with Crippen LogP contribution in [0.3, 0.4) is 0 Å². The maximum Gasteiger partial charge on any atom is 0.146 e. The van der Waals surface area contributed by atoms with Crippen molar-refractivity contribution in [1.82, 2.24) is 4.90 Å². The number of fused-ring (bicyclic) bond motifs is 1. The van der Waals surface area contributed by atoms with Crippen molar-refractivity contribution in [3.05, 3.63) is 51.2 Å². The van der Waals surface area contributed by atoms with Gasteiger partial charge in [0.2, 0.25) is 0 Å². The molecule has 4 rings (SSSR count). The van der Waals surface area contributed by atoms with Crippen LogP contribution in [0, 0.1) is 5.82 Å². The van der Waals surface area contributed by atoms with Crippen LogP contribution in [0.1, 0.15) is 32.3 Å². The summed E-state index contributed by atoms with van der Waals surface area (Å²) in [5.41, 5.74) is 2.17. The number of unbranched alkanes of at least 4 members (excludes halogenated alkanes) is 1. The maximum atomic E-state index is 13.1. The smallest absolute Gasteiger partial charge is 0.146 e. The third kappa shape index (κ3) is 5.65. The first-order chi connectivity index (χ1) is 14.8. The highest BCUT2D eigenvalue weighted by atomic mass is 79.9. The van der Waals surface area contributed by atoms with Crippen molar-refractivity contribution in [2.24, 2.45) is 0 Å². The second-order valence-corrected chi connectivity index (χ2v) is 10.2. The molecule has 31 heavy (non-hydrogen) atoms. The van der Waals surface area contributed by atoms with Crippen molar-refractivity contribution < 1.29 is 13.9 Å². The molecule has 2 aliphatic heterocycles. The highest BCUT2D eigenvalue weighted by Crippen LogP contribution is 2.44. The van der Waals surface area contributed by atoms with E-state index in [4.69, 9.17) is 21.1 Å². The Kier molecular flexibility index (Phi) is 6.99. The molecule has 0 aromatic heterocycles. The van der Waals surface area contributed by atoms with Crippen LogP contribution in [-0.2, 0) is 6.42 Å². The number of piperazine rings is 1. The van der Waals surface area contributed by atoms with Gasteiger partial charge in [0.05, 0.1) is 16.8 Å². The lowest BCUT2D eigenvalue weighted by atomic mass is 10.0. The van der Waals surface area contributed by atoms with Gasteiger partial charge in [-0.25, -0.2) is 4.39 Å². The molecule has 2 aromatic rings. The average molecular weight is 512 g/mol. The number of ether oxygens (including phenoxy) is 2. The molecular weight excluding hydrogens is 483 g/mol. The third-order valence-electron chi connectivity index (χ3n) is 5.84. The van der Waals surface area contributed by atoms with E-state index < -0.39 is 0 Å². The molecule has 2 aromatic carbocycles. The van der Waals surface area contributed by atoms with Gasteiger partial charge >= 0.3 is 0 Å². The van der Waals surface area contributed by atoms with E-state index in [-0.39, 0.29) is 11.4 Å². The number of hydrogen-bond acceptors (Lipinski definition) is 4. The third-order valence-corrected chi connectivity index (χ3v) is 6.68. The molecule has 0 saturated carbocycles. The topological polar surface area (TPSA) is 24.9 Å². The van der Waals surface area contributed by atoms with E-state index in [1.54, 1.807) is 6.07 Å². The summed E-state index contributed by atoms with van der Waals surface area (Å²) in [5.74, 6) is 1.43. The Morgan fingerprint density at radius 2 is 1.90 bits per heavy atom. The molecule has 0 aliphatic carbocycles. The minimum Gasteiger partial charge on any atom is -0.492 e. The van der Waals surface area contributed by atoms with Crippen LogP contribution in [0.4, 0.5) is 10.1 Å². The summed E-state index contributed by atoms with van der Waals surface area (Å²) in [6, 6.07) is 8.59. The summed E-state index contributed by atoms with van der Waals surface area (Å²) in [5, 5.41) is 0.783. The standard InChI is InChI=1S/C24H29BrClFN2O2/c1-24(2)16-17-13-18(26)14-21(23(17)31-24)29-10-8-28(9-11-29)7-3-4-12-30-22-6-5-19(27)15-20(22)25/h5-6,13-15H,3-4,7-12,16H2,1-2H3. The number of halogens is 3. The Morgan fingerprint density at radius 3 is 2.65 bits per heavy atom. The van der Waals surface area contributed by atoms with Crippen LogP contribution in [-0.4, -0.2) is 49.8 Å². The SMILES string of the molecule is CC1(C)Cc2cc(Cl)cc(N3CCN(CCCCOc4ccc(F)cc4Br)CC3)c2O1. The second-order valence-electron chi connectivity index (χ2n) is 8.91. The molecule has 7 heteroatoms. The Balaban J connectivity index is 1.22. The Morgan fingerprint density at radius 1 is 1.13 bits per heavy atom. The van der Waals surface area contributed by atoms with Gasteiger partial charge in [0.25, 0.3) is 0 Å². The van der Waals surface area contributed by atoms with E-state index in [1.165, 1.54) is 17.7 Å². The summed E-state index contributed by atoms with van der Waals surface area (Å²) in [6.07, 6.45) is 2.93. The summed E-state index contributed by atoms with van der Waals surface area (Å²) in [4.78, 5) is 4.90. The van der Waals surface area contributed by atoms with Gasteiger partial charge in [-0.15, -0.1) is 0 Å². The predicted molar refractivity (Wildman–Crippen MR) is 127 cm³/mol. The highest BCUT2D eigenvalue weighted by molar-refractivity contribution is 9.10. The van der Waals surface area contributed by atoms with Crippen LogP contribution in [0.25, 0.3) is 0 Å². The summed E-state index contributed by atoms with van der Waals surface area (Å²) >= 11 is 9.74. The minimum absolute atomic E-state index is 0.171. The molecule has 0 spiro atoms. The monoisotopic (exact) mass is 510 g/mol. The van der Waals surface area contributed by atoms with Gasteiger partial charge in [0, 0.05) is 43.2 Å². The molecule has 1 saturated heterocycles. The molecule has 0 N–H and O–H groups in total. The molecule has 2 heterocycles. The lowest BCUT2D eigenvalue weighted by Crippen LogP contribution is -2.46. The zero-order chi connectivity index (χ0) is 22.0. The van der Waals surface area contributed by atoms with Gasteiger partial charge in [-0.05, 0) is 79.5 Å². The Bertz CT molecular complexity index is 932. The Labute approximate surface area is 197 Å². The lowest BCUT2D eigenvalue weighted by Gasteiger charge is -2.37. The number of rotatable bonds is 7. The fourth-order valence-electron chi connectivity index (χ4n) is 4.31. The lowest BCUT2D eigenvalue weighted by molar-refractivity contribution is 0.138. The molecule has 0 amide bonds. The number of nitrogens with zero attached hydrogens (tertiary/aromatic N) is 2. The zero-order valence-corrected chi connectivity index (χ0v) is 20.4. The molecule has 2 aliphatic rings. The summed E-state index contributed by atoms with van der Waals surface area (Å²) in [7, 11) is 0. The summed E-state index contributed by atoms with van der Waals surface area (Å²) in [6.45, 7) is 9.92. The van der Waals surface area contributed by atoms with Crippen molar-refractivity contribution in [2.75, 3.05) is 44.2 Å². The van der Waals surface area contributed by atoms with E-state index in [2.05, 4.69) is 39.6 Å². The van der Waals surface area contributed by atoms with Crippen molar-refractivity contribution in [1.29, 1.82) is 0 Å². The van der Waals surface area contributed by atoms with E-state index in [0.29, 0.717) is 16.8 Å². The predicted octanol–water partition coefficient (Wildman–Crippen LogP) is 5.94. The molecule has 0 bridgehead atoms. The second kappa shape index (κ2) is 9.55. The van der Waals surface area contributed by atoms with Gasteiger partial charge in [-0.3, -0.25) is 4.90 Å².